The Morgan fingerprint density at radius 3 is 1.94 bits per heavy atom. The molecule has 0 aromatic heterocycles. The van der Waals surface area contributed by atoms with Crippen LogP contribution in [0.25, 0.3) is 0 Å². The van der Waals surface area contributed by atoms with Crippen molar-refractivity contribution in [1.82, 2.24) is 10.4 Å². The quantitative estimate of drug-likeness (QED) is 0.415. The predicted octanol–water partition coefficient (Wildman–Crippen LogP) is 4.57. The molecule has 1 aromatic carbocycles. The molecule has 0 aliphatic carbocycles. The summed E-state index contributed by atoms with van der Waals surface area (Å²) in [6.45, 7) is 15.1. The minimum absolute atomic E-state index is 0.187. The number of hydrogen-bond donors (Lipinski definition) is 1. The van der Waals surface area contributed by atoms with Gasteiger partial charge in [0.1, 0.15) is 12.4 Å². The van der Waals surface area contributed by atoms with Gasteiger partial charge >= 0.3 is 11.9 Å². The molecule has 0 saturated carbocycles. The van der Waals surface area contributed by atoms with Crippen molar-refractivity contribution in [2.75, 3.05) is 19.8 Å². The van der Waals surface area contributed by atoms with E-state index in [1.165, 1.54) is 0 Å². The number of carbonyl (C=O) groups excluding carboxylic acids is 2. The van der Waals surface area contributed by atoms with E-state index in [1.54, 1.807) is 33.8 Å². The average molecular weight is 498 g/mol. The summed E-state index contributed by atoms with van der Waals surface area (Å²) < 4.78 is 17.0. The number of nitrogens with zero attached hydrogens (tertiary/aromatic N) is 1. The fourth-order valence-corrected chi connectivity index (χ4v) is 5.00. The van der Waals surface area contributed by atoms with Crippen LogP contribution in [-0.2, 0) is 24.3 Å². The van der Waals surface area contributed by atoms with Crippen molar-refractivity contribution in [2.45, 2.75) is 72.4 Å². The SMILES string of the molecule is CCOC(=O)C1=C(C)NC(C)=C(C(=O)OCC)C1c1ccccc1OCC1=CC(C)(C)N([O])C1(C)C. The van der Waals surface area contributed by atoms with E-state index in [0.717, 1.165) is 10.6 Å². The molecule has 0 fully saturated rings. The molecule has 8 nitrogen and oxygen atoms in total. The number of esters is 2. The minimum atomic E-state index is -0.751. The van der Waals surface area contributed by atoms with Crippen LogP contribution in [0, 0.1) is 0 Å². The lowest BCUT2D eigenvalue weighted by molar-refractivity contribution is -0.239. The van der Waals surface area contributed by atoms with Gasteiger partial charge in [-0.1, -0.05) is 24.3 Å². The molecule has 0 amide bonds. The Kier molecular flexibility index (Phi) is 8.00. The van der Waals surface area contributed by atoms with E-state index in [2.05, 4.69) is 5.32 Å². The van der Waals surface area contributed by atoms with Crippen LogP contribution in [0.1, 0.15) is 66.9 Å². The summed E-state index contributed by atoms with van der Waals surface area (Å²) in [7, 11) is 0. The molecule has 0 spiro atoms. The zero-order valence-electron chi connectivity index (χ0n) is 22.5. The molecule has 1 aromatic rings. The van der Waals surface area contributed by atoms with Gasteiger partial charge in [-0.15, -0.1) is 10.3 Å². The highest BCUT2D eigenvalue weighted by Gasteiger charge is 2.46. The minimum Gasteiger partial charge on any atom is -0.489 e. The summed E-state index contributed by atoms with van der Waals surface area (Å²) in [5, 5.41) is 17.0. The maximum atomic E-state index is 13.1. The highest BCUT2D eigenvalue weighted by atomic mass is 16.5. The van der Waals surface area contributed by atoms with Crippen molar-refractivity contribution in [3.8, 4) is 5.75 Å². The summed E-state index contributed by atoms with van der Waals surface area (Å²) in [5.41, 5.74) is 1.97. The Morgan fingerprint density at radius 2 is 1.47 bits per heavy atom. The fourth-order valence-electron chi connectivity index (χ4n) is 5.00. The summed E-state index contributed by atoms with van der Waals surface area (Å²) in [6.07, 6.45) is 1.94. The van der Waals surface area contributed by atoms with Crippen LogP contribution >= 0.6 is 0 Å². The predicted molar refractivity (Wildman–Crippen MR) is 135 cm³/mol. The highest BCUT2D eigenvalue weighted by Crippen LogP contribution is 2.44. The van der Waals surface area contributed by atoms with Gasteiger partial charge in [-0.05, 0) is 67.0 Å². The van der Waals surface area contributed by atoms with Gasteiger partial charge in [0.25, 0.3) is 0 Å². The van der Waals surface area contributed by atoms with Crippen molar-refractivity contribution >= 4 is 11.9 Å². The molecule has 2 aliphatic heterocycles. The summed E-state index contributed by atoms with van der Waals surface area (Å²) in [4.78, 5) is 26.2. The molecular weight excluding hydrogens is 460 g/mol. The lowest BCUT2D eigenvalue weighted by atomic mass is 9.80. The van der Waals surface area contributed by atoms with Crippen molar-refractivity contribution in [2.24, 2.45) is 0 Å². The topological polar surface area (TPSA) is 97.0 Å². The Labute approximate surface area is 213 Å². The third-order valence-electron chi connectivity index (χ3n) is 6.71. The van der Waals surface area contributed by atoms with Crippen LogP contribution in [0.15, 0.2) is 58.5 Å². The van der Waals surface area contributed by atoms with Gasteiger partial charge in [0.2, 0.25) is 0 Å². The smallest absolute Gasteiger partial charge is 0.336 e. The van der Waals surface area contributed by atoms with E-state index in [4.69, 9.17) is 14.2 Å². The number of hydroxylamine groups is 2. The number of nitrogens with one attached hydrogen (secondary N) is 1. The first-order valence-electron chi connectivity index (χ1n) is 12.3. The molecule has 3 rings (SSSR count). The van der Waals surface area contributed by atoms with E-state index >= 15 is 0 Å². The van der Waals surface area contributed by atoms with Crippen LogP contribution in [0.2, 0.25) is 0 Å². The van der Waals surface area contributed by atoms with E-state index < -0.39 is 28.9 Å². The third-order valence-corrected chi connectivity index (χ3v) is 6.71. The number of allylic oxidation sites excluding steroid dienone is 2. The van der Waals surface area contributed by atoms with Gasteiger partial charge in [0, 0.05) is 17.0 Å². The maximum Gasteiger partial charge on any atom is 0.336 e. The Balaban J connectivity index is 2.08. The first kappa shape index (κ1) is 27.5. The molecule has 0 atom stereocenters. The largest absolute Gasteiger partial charge is 0.489 e. The molecule has 2 heterocycles. The van der Waals surface area contributed by atoms with Gasteiger partial charge in [-0.3, -0.25) is 0 Å². The van der Waals surface area contributed by atoms with Gasteiger partial charge < -0.3 is 19.5 Å². The van der Waals surface area contributed by atoms with Gasteiger partial charge in [-0.2, -0.15) is 0 Å². The normalized spacial score (nSPS) is 19.6. The van der Waals surface area contributed by atoms with Crippen LogP contribution < -0.4 is 10.1 Å². The lowest BCUT2D eigenvalue weighted by Crippen LogP contribution is -2.47. The first-order valence-corrected chi connectivity index (χ1v) is 12.3. The van der Waals surface area contributed by atoms with Crippen molar-refractivity contribution in [1.29, 1.82) is 0 Å². The van der Waals surface area contributed by atoms with Crippen LogP contribution in [-0.4, -0.2) is 47.9 Å². The number of hydrogen-bond acceptors (Lipinski definition) is 7. The summed E-state index contributed by atoms with van der Waals surface area (Å²) in [5.74, 6) is -1.27. The van der Waals surface area contributed by atoms with Crippen LogP contribution in [0.3, 0.4) is 0 Å². The van der Waals surface area contributed by atoms with E-state index in [1.807, 2.05) is 52.0 Å². The molecule has 8 heteroatoms. The monoisotopic (exact) mass is 497 g/mol. The number of carbonyl (C=O) groups is 2. The number of rotatable bonds is 8. The molecule has 0 bridgehead atoms. The standard InChI is InChI=1S/C28H37N2O6/c1-9-34-25(31)22-17(3)29-18(4)23(26(32)35-10-2)24(22)20-13-11-12-14-21(20)36-16-19-15-27(5,6)30(33)28(19,7)8/h11-15,24,29H,9-10,16H2,1-8H3. The Morgan fingerprint density at radius 1 is 0.944 bits per heavy atom. The van der Waals surface area contributed by atoms with E-state index in [0.29, 0.717) is 33.9 Å². The zero-order valence-corrected chi connectivity index (χ0v) is 22.5. The number of benzene rings is 1. The Hall–Kier alpha value is -3.10. The molecule has 1 radical (unpaired) electrons. The Bertz CT molecular complexity index is 1090. The first-order chi connectivity index (χ1) is 16.9. The number of ether oxygens (including phenoxy) is 3. The van der Waals surface area contributed by atoms with E-state index in [9.17, 15) is 14.8 Å². The molecule has 0 unspecified atom stereocenters. The van der Waals surface area contributed by atoms with Crippen molar-refractivity contribution < 1.29 is 29.0 Å². The van der Waals surface area contributed by atoms with Crippen molar-refractivity contribution in [3.05, 3.63) is 64.0 Å². The second-order valence-corrected chi connectivity index (χ2v) is 10.1. The second-order valence-electron chi connectivity index (χ2n) is 10.1. The van der Waals surface area contributed by atoms with Crippen LogP contribution in [0.4, 0.5) is 0 Å². The fraction of sp³-hybridized carbons (Fsp3) is 0.500. The van der Waals surface area contributed by atoms with Crippen molar-refractivity contribution in [3.63, 3.8) is 0 Å². The van der Waals surface area contributed by atoms with Crippen LogP contribution in [0.5, 0.6) is 5.75 Å². The van der Waals surface area contributed by atoms with E-state index in [-0.39, 0.29) is 19.8 Å². The molecule has 0 saturated heterocycles. The average Bonchev–Trinajstić information content (AvgIpc) is 2.96. The highest BCUT2D eigenvalue weighted by molar-refractivity contribution is 6.00. The molecule has 195 valence electrons. The molecule has 2 aliphatic rings. The second kappa shape index (κ2) is 10.5. The number of para-hydroxylation sites is 1. The zero-order chi connectivity index (χ0) is 26.8. The van der Waals surface area contributed by atoms with Gasteiger partial charge in [0.05, 0.1) is 41.4 Å². The van der Waals surface area contributed by atoms with Gasteiger partial charge in [0.15, 0.2) is 0 Å². The summed E-state index contributed by atoms with van der Waals surface area (Å²) in [6, 6.07) is 7.30. The number of dihydropyridines is 1. The molecule has 36 heavy (non-hydrogen) atoms. The molecular formula is C28H37N2O6. The molecule has 1 N–H and O–H groups in total. The lowest BCUT2D eigenvalue weighted by Gasteiger charge is -2.34. The van der Waals surface area contributed by atoms with Gasteiger partial charge in [-0.25, -0.2) is 9.59 Å². The third kappa shape index (κ3) is 5.06. The summed E-state index contributed by atoms with van der Waals surface area (Å²) >= 11 is 0. The maximum absolute atomic E-state index is 13.1.